The van der Waals surface area contributed by atoms with Crippen LogP contribution in [0.4, 0.5) is 5.69 Å². The molecule has 0 spiro atoms. The number of nitrogens with zero attached hydrogens (tertiary/aromatic N) is 2. The fourth-order valence-corrected chi connectivity index (χ4v) is 2.58. The summed E-state index contributed by atoms with van der Waals surface area (Å²) in [5.74, 6) is 0.786. The monoisotopic (exact) mass is 263 g/mol. The predicted octanol–water partition coefficient (Wildman–Crippen LogP) is 1.67. The summed E-state index contributed by atoms with van der Waals surface area (Å²) in [6.45, 7) is 3.96. The van der Waals surface area contributed by atoms with Crippen molar-refractivity contribution in [3.8, 4) is 5.75 Å². The van der Waals surface area contributed by atoms with Crippen molar-refractivity contribution in [1.82, 2.24) is 9.80 Å². The Bertz CT molecular complexity index is 397. The van der Waals surface area contributed by atoms with Crippen LogP contribution in [-0.2, 0) is 0 Å². The van der Waals surface area contributed by atoms with Crippen LogP contribution in [0, 0.1) is 0 Å². The molecule has 0 amide bonds. The Balaban J connectivity index is 1.69. The second-order valence-corrected chi connectivity index (χ2v) is 5.43. The van der Waals surface area contributed by atoms with Crippen molar-refractivity contribution in [3.05, 3.63) is 24.3 Å². The quantitative estimate of drug-likeness (QED) is 0.793. The van der Waals surface area contributed by atoms with Crippen molar-refractivity contribution < 1.29 is 4.74 Å². The molecular formula is C15H25N3O. The van der Waals surface area contributed by atoms with Gasteiger partial charge in [-0.15, -0.1) is 0 Å². The maximum absolute atomic E-state index is 5.84. The van der Waals surface area contributed by atoms with Crippen molar-refractivity contribution in [3.63, 3.8) is 0 Å². The lowest BCUT2D eigenvalue weighted by Crippen LogP contribution is -2.38. The van der Waals surface area contributed by atoms with Gasteiger partial charge in [-0.25, -0.2) is 0 Å². The van der Waals surface area contributed by atoms with Crippen molar-refractivity contribution in [2.45, 2.75) is 18.9 Å². The van der Waals surface area contributed by atoms with Crippen LogP contribution in [0.3, 0.4) is 0 Å². The van der Waals surface area contributed by atoms with E-state index in [1.54, 1.807) is 0 Å². The van der Waals surface area contributed by atoms with E-state index in [1.165, 1.54) is 19.4 Å². The number of likely N-dealkylation sites (tertiary alicyclic amines) is 1. The second-order valence-electron chi connectivity index (χ2n) is 5.43. The Labute approximate surface area is 116 Å². The highest BCUT2D eigenvalue weighted by atomic mass is 16.5. The van der Waals surface area contributed by atoms with Crippen LogP contribution in [0.25, 0.3) is 0 Å². The smallest absolute Gasteiger partial charge is 0.142 e. The molecule has 106 valence electrons. The molecule has 1 saturated heterocycles. The predicted molar refractivity (Wildman–Crippen MR) is 79.5 cm³/mol. The van der Waals surface area contributed by atoms with Crippen LogP contribution in [0.2, 0.25) is 0 Å². The van der Waals surface area contributed by atoms with E-state index >= 15 is 0 Å². The molecule has 0 aromatic heterocycles. The van der Waals surface area contributed by atoms with Crippen LogP contribution in [0.5, 0.6) is 5.75 Å². The van der Waals surface area contributed by atoms with Crippen molar-refractivity contribution >= 4 is 5.69 Å². The first-order valence-corrected chi connectivity index (χ1v) is 7.03. The number of nitrogens with two attached hydrogens (primary N) is 1. The van der Waals surface area contributed by atoms with E-state index in [1.807, 2.05) is 24.3 Å². The standard InChI is InChI=1S/C15H25N3O/c1-17(12-13-6-5-9-18(13)2)10-11-19-15-8-4-3-7-14(15)16/h3-4,7-8,13H,5-6,9-12,16H2,1-2H3. The summed E-state index contributed by atoms with van der Waals surface area (Å²) in [4.78, 5) is 4.79. The first-order valence-electron chi connectivity index (χ1n) is 7.03. The Hall–Kier alpha value is -1.26. The van der Waals surface area contributed by atoms with E-state index in [0.29, 0.717) is 18.3 Å². The zero-order valence-corrected chi connectivity index (χ0v) is 12.0. The highest BCUT2D eigenvalue weighted by Gasteiger charge is 2.21. The zero-order valence-electron chi connectivity index (χ0n) is 12.0. The van der Waals surface area contributed by atoms with Crippen LogP contribution < -0.4 is 10.5 Å². The van der Waals surface area contributed by atoms with Gasteiger partial charge >= 0.3 is 0 Å². The van der Waals surface area contributed by atoms with E-state index in [2.05, 4.69) is 23.9 Å². The largest absolute Gasteiger partial charge is 0.490 e. The lowest BCUT2D eigenvalue weighted by molar-refractivity contribution is 0.190. The minimum atomic E-state index is 0.682. The van der Waals surface area contributed by atoms with Gasteiger partial charge in [0.05, 0.1) is 5.69 Å². The molecule has 4 nitrogen and oxygen atoms in total. The number of ether oxygens (including phenoxy) is 1. The van der Waals surface area contributed by atoms with Crippen molar-refractivity contribution in [2.75, 3.05) is 46.1 Å². The lowest BCUT2D eigenvalue weighted by Gasteiger charge is -2.25. The van der Waals surface area contributed by atoms with E-state index in [9.17, 15) is 0 Å². The number of hydrogen-bond donors (Lipinski definition) is 1. The topological polar surface area (TPSA) is 41.7 Å². The molecule has 1 heterocycles. The van der Waals surface area contributed by atoms with E-state index < -0.39 is 0 Å². The first kappa shape index (κ1) is 14.2. The van der Waals surface area contributed by atoms with E-state index in [4.69, 9.17) is 10.5 Å². The minimum Gasteiger partial charge on any atom is -0.490 e. The fraction of sp³-hybridized carbons (Fsp3) is 0.600. The fourth-order valence-electron chi connectivity index (χ4n) is 2.58. The van der Waals surface area contributed by atoms with Gasteiger partial charge in [0.15, 0.2) is 0 Å². The molecule has 1 aliphatic heterocycles. The molecule has 1 aromatic carbocycles. The summed E-state index contributed by atoms with van der Waals surface area (Å²) in [5.41, 5.74) is 6.55. The van der Waals surface area contributed by atoms with Crippen LogP contribution in [0.1, 0.15) is 12.8 Å². The van der Waals surface area contributed by atoms with Gasteiger partial charge in [0.1, 0.15) is 12.4 Å². The summed E-state index contributed by atoms with van der Waals surface area (Å²) in [5, 5.41) is 0. The second kappa shape index (κ2) is 6.78. The Morgan fingerprint density at radius 3 is 2.89 bits per heavy atom. The highest BCUT2D eigenvalue weighted by molar-refractivity contribution is 5.51. The molecule has 1 atom stereocenters. The van der Waals surface area contributed by atoms with Gasteiger partial charge in [0.2, 0.25) is 0 Å². The number of para-hydroxylation sites is 2. The SMILES string of the molecule is CN(CCOc1ccccc1N)CC1CCCN1C. The summed E-state index contributed by atoms with van der Waals surface area (Å²) in [6, 6.07) is 8.35. The number of benzene rings is 1. The lowest BCUT2D eigenvalue weighted by atomic mass is 10.2. The molecule has 1 aromatic rings. The number of likely N-dealkylation sites (N-methyl/N-ethyl adjacent to an activating group) is 2. The number of rotatable bonds is 6. The average Bonchev–Trinajstić information content (AvgIpc) is 2.77. The van der Waals surface area contributed by atoms with Gasteiger partial charge in [-0.1, -0.05) is 12.1 Å². The first-order chi connectivity index (χ1) is 9.16. The maximum Gasteiger partial charge on any atom is 0.142 e. The van der Waals surface area contributed by atoms with Gasteiger partial charge in [-0.2, -0.15) is 0 Å². The van der Waals surface area contributed by atoms with E-state index in [-0.39, 0.29) is 0 Å². The maximum atomic E-state index is 5.84. The Morgan fingerprint density at radius 2 is 2.21 bits per heavy atom. The average molecular weight is 263 g/mol. The molecule has 1 fully saturated rings. The van der Waals surface area contributed by atoms with Gasteiger partial charge in [0.25, 0.3) is 0 Å². The third-order valence-electron chi connectivity index (χ3n) is 3.84. The van der Waals surface area contributed by atoms with Crippen LogP contribution >= 0.6 is 0 Å². The molecule has 2 rings (SSSR count). The minimum absolute atomic E-state index is 0.682. The molecule has 1 unspecified atom stereocenters. The summed E-state index contributed by atoms with van der Waals surface area (Å²) in [7, 11) is 4.37. The molecule has 2 N–H and O–H groups in total. The molecule has 0 aliphatic carbocycles. The molecule has 0 saturated carbocycles. The number of nitrogen functional groups attached to an aromatic ring is 1. The third kappa shape index (κ3) is 4.11. The molecule has 4 heteroatoms. The van der Waals surface area contributed by atoms with Gasteiger partial charge in [-0.05, 0) is 45.6 Å². The molecule has 1 aliphatic rings. The van der Waals surface area contributed by atoms with Crippen LogP contribution in [0.15, 0.2) is 24.3 Å². The number of hydrogen-bond acceptors (Lipinski definition) is 4. The van der Waals surface area contributed by atoms with Crippen LogP contribution in [-0.4, -0.2) is 56.2 Å². The zero-order chi connectivity index (χ0) is 13.7. The third-order valence-corrected chi connectivity index (χ3v) is 3.84. The summed E-state index contributed by atoms with van der Waals surface area (Å²) < 4.78 is 5.72. The van der Waals surface area contributed by atoms with E-state index in [0.717, 1.165) is 18.8 Å². The van der Waals surface area contributed by atoms with Gasteiger partial charge in [0, 0.05) is 19.1 Å². The summed E-state index contributed by atoms with van der Waals surface area (Å²) >= 11 is 0. The van der Waals surface area contributed by atoms with Crippen molar-refractivity contribution in [2.24, 2.45) is 0 Å². The number of anilines is 1. The molecule has 19 heavy (non-hydrogen) atoms. The van der Waals surface area contributed by atoms with Crippen molar-refractivity contribution in [1.29, 1.82) is 0 Å². The molecule has 0 radical (unpaired) electrons. The Kier molecular flexibility index (Phi) is 5.05. The summed E-state index contributed by atoms with van der Waals surface area (Å²) in [6.07, 6.45) is 2.64. The molecular weight excluding hydrogens is 238 g/mol. The Morgan fingerprint density at radius 1 is 1.42 bits per heavy atom. The molecule has 0 bridgehead atoms. The highest BCUT2D eigenvalue weighted by Crippen LogP contribution is 2.19. The van der Waals surface area contributed by atoms with Gasteiger partial charge in [-0.3, -0.25) is 0 Å². The van der Waals surface area contributed by atoms with Gasteiger partial charge < -0.3 is 20.3 Å². The normalized spacial score (nSPS) is 20.1.